The fourth-order valence-corrected chi connectivity index (χ4v) is 3.75. The molecule has 1 aliphatic rings. The summed E-state index contributed by atoms with van der Waals surface area (Å²) in [6, 6.07) is 0.525. The van der Waals surface area contributed by atoms with Gasteiger partial charge in [-0.15, -0.1) is 0 Å². The Hall–Kier alpha value is -3.91. The molecule has 2 amide bonds. The zero-order valence-electron chi connectivity index (χ0n) is 21.1. The highest BCUT2D eigenvalue weighted by Gasteiger charge is 2.36. The minimum Gasteiger partial charge on any atom is -0.342 e. The van der Waals surface area contributed by atoms with Crippen LogP contribution < -0.4 is 5.32 Å². The third kappa shape index (κ3) is 7.80. The number of carbonyl (C=O) groups is 2. The highest BCUT2D eigenvalue weighted by atomic mass is 19.4. The van der Waals surface area contributed by atoms with E-state index in [1.807, 2.05) is 0 Å². The highest BCUT2D eigenvalue weighted by molar-refractivity contribution is 5.93. The summed E-state index contributed by atoms with van der Waals surface area (Å²) in [5.41, 5.74) is -2.77. The maximum Gasteiger partial charge on any atom is 0.435 e. The second-order valence-electron chi connectivity index (χ2n) is 8.52. The standard InChI is InChI=1S/C24H26F6N6O3/c1-3-7-15(11-16(8-4-2)23(25,26)27)21-32-19(39-34-21)13-31-22(38)17-12-18(24(28,29)30)33-36(17)14-20(37)35-9-5-6-10-35/h3,7-8,11-12H,4-6,9-10,13-14H2,1-2H3,(H,31,38)/b7-3-,15-11+,16-8-. The number of hydrogen-bond donors (Lipinski definition) is 1. The number of hydrogen-bond acceptors (Lipinski definition) is 6. The summed E-state index contributed by atoms with van der Waals surface area (Å²) in [5, 5.41) is 9.36. The quantitative estimate of drug-likeness (QED) is 0.352. The van der Waals surface area contributed by atoms with Crippen molar-refractivity contribution in [3.8, 4) is 0 Å². The lowest BCUT2D eigenvalue weighted by Gasteiger charge is -2.16. The molecule has 9 nitrogen and oxygen atoms in total. The maximum atomic E-state index is 13.3. The van der Waals surface area contributed by atoms with Gasteiger partial charge in [0.15, 0.2) is 5.69 Å². The minimum atomic E-state index is -4.85. The highest BCUT2D eigenvalue weighted by Crippen LogP contribution is 2.30. The topological polar surface area (TPSA) is 106 Å². The fraction of sp³-hybridized carbons (Fsp3) is 0.458. The second kappa shape index (κ2) is 12.3. The van der Waals surface area contributed by atoms with E-state index >= 15 is 0 Å². The number of amides is 2. The molecule has 1 fully saturated rings. The van der Waals surface area contributed by atoms with Crippen LogP contribution in [0.3, 0.4) is 0 Å². The molecular weight excluding hydrogens is 534 g/mol. The average molecular weight is 560 g/mol. The lowest BCUT2D eigenvalue weighted by atomic mass is 10.1. The van der Waals surface area contributed by atoms with Gasteiger partial charge in [-0.1, -0.05) is 30.3 Å². The van der Waals surface area contributed by atoms with Crippen LogP contribution in [0.5, 0.6) is 0 Å². The number of likely N-dealkylation sites (tertiary alicyclic amines) is 1. The molecule has 0 spiro atoms. The molecule has 39 heavy (non-hydrogen) atoms. The Morgan fingerprint density at radius 1 is 1.15 bits per heavy atom. The van der Waals surface area contributed by atoms with E-state index in [9.17, 15) is 35.9 Å². The zero-order chi connectivity index (χ0) is 28.8. The summed E-state index contributed by atoms with van der Waals surface area (Å²) in [6.07, 6.45) is -3.11. The van der Waals surface area contributed by atoms with Crippen molar-refractivity contribution < 1.29 is 40.5 Å². The molecule has 0 radical (unpaired) electrons. The van der Waals surface area contributed by atoms with Crippen LogP contribution in [0.15, 0.2) is 40.5 Å². The first-order valence-corrected chi connectivity index (χ1v) is 12.0. The van der Waals surface area contributed by atoms with Gasteiger partial charge in [0.05, 0.1) is 12.1 Å². The summed E-state index contributed by atoms with van der Waals surface area (Å²) < 4.78 is 85.5. The number of alkyl halides is 6. The molecule has 0 aliphatic carbocycles. The molecular formula is C24H26F6N6O3. The van der Waals surface area contributed by atoms with Crippen molar-refractivity contribution in [1.82, 2.24) is 30.1 Å². The maximum absolute atomic E-state index is 13.3. The van der Waals surface area contributed by atoms with Crippen LogP contribution in [0.25, 0.3) is 5.57 Å². The molecule has 0 bridgehead atoms. The number of aromatic nitrogens is 4. The lowest BCUT2D eigenvalue weighted by Crippen LogP contribution is -2.33. The molecule has 15 heteroatoms. The van der Waals surface area contributed by atoms with E-state index in [1.54, 1.807) is 13.8 Å². The molecule has 212 valence electrons. The van der Waals surface area contributed by atoms with E-state index in [4.69, 9.17) is 4.52 Å². The van der Waals surface area contributed by atoms with Gasteiger partial charge in [0.1, 0.15) is 12.2 Å². The van der Waals surface area contributed by atoms with Crippen LogP contribution in [-0.4, -0.2) is 55.9 Å². The molecule has 0 aromatic carbocycles. The molecule has 1 aliphatic heterocycles. The van der Waals surface area contributed by atoms with E-state index in [1.165, 1.54) is 17.1 Å². The molecule has 0 unspecified atom stereocenters. The van der Waals surface area contributed by atoms with E-state index in [2.05, 4.69) is 20.6 Å². The van der Waals surface area contributed by atoms with Crippen LogP contribution in [0, 0.1) is 0 Å². The number of nitrogens with zero attached hydrogens (tertiary/aromatic N) is 5. The van der Waals surface area contributed by atoms with Gasteiger partial charge in [0, 0.05) is 24.7 Å². The van der Waals surface area contributed by atoms with Crippen LogP contribution in [0.2, 0.25) is 0 Å². The largest absolute Gasteiger partial charge is 0.435 e. The van der Waals surface area contributed by atoms with Crippen LogP contribution >= 0.6 is 0 Å². The summed E-state index contributed by atoms with van der Waals surface area (Å²) >= 11 is 0. The van der Waals surface area contributed by atoms with Gasteiger partial charge >= 0.3 is 12.4 Å². The Bertz CT molecular complexity index is 1270. The van der Waals surface area contributed by atoms with Gasteiger partial charge in [-0.05, 0) is 32.3 Å². The Morgan fingerprint density at radius 2 is 1.85 bits per heavy atom. The first-order chi connectivity index (χ1) is 18.3. The van der Waals surface area contributed by atoms with Crippen LogP contribution in [0.1, 0.15) is 61.0 Å². The Kier molecular flexibility index (Phi) is 9.35. The third-order valence-corrected chi connectivity index (χ3v) is 5.58. The fourth-order valence-electron chi connectivity index (χ4n) is 3.75. The average Bonchev–Trinajstić information content (AvgIpc) is 3.62. The van der Waals surface area contributed by atoms with E-state index in [0.717, 1.165) is 25.0 Å². The van der Waals surface area contributed by atoms with E-state index in [-0.39, 0.29) is 23.7 Å². The summed E-state index contributed by atoms with van der Waals surface area (Å²) in [4.78, 5) is 30.7. The van der Waals surface area contributed by atoms with E-state index in [0.29, 0.717) is 23.8 Å². The molecule has 2 aromatic heterocycles. The van der Waals surface area contributed by atoms with Crippen molar-refractivity contribution in [2.45, 2.75) is 58.6 Å². The van der Waals surface area contributed by atoms with Gasteiger partial charge in [0.25, 0.3) is 5.91 Å². The summed E-state index contributed by atoms with van der Waals surface area (Å²) in [7, 11) is 0. The van der Waals surface area contributed by atoms with Gasteiger partial charge in [-0.3, -0.25) is 9.59 Å². The first-order valence-electron chi connectivity index (χ1n) is 12.0. The normalized spacial score (nSPS) is 15.4. The van der Waals surface area contributed by atoms with Crippen molar-refractivity contribution in [2.75, 3.05) is 13.1 Å². The Balaban J connectivity index is 1.78. The minimum absolute atomic E-state index is 0.0100. The number of carbonyl (C=O) groups excluding carboxylic acids is 2. The number of rotatable bonds is 9. The van der Waals surface area contributed by atoms with Crippen molar-refractivity contribution in [3.63, 3.8) is 0 Å². The predicted molar refractivity (Wildman–Crippen MR) is 126 cm³/mol. The van der Waals surface area contributed by atoms with Crippen molar-refractivity contribution in [1.29, 1.82) is 0 Å². The van der Waals surface area contributed by atoms with Crippen molar-refractivity contribution in [3.05, 3.63) is 59.0 Å². The van der Waals surface area contributed by atoms with Crippen molar-refractivity contribution >= 4 is 17.4 Å². The SMILES string of the molecule is C\C=C/C(=C\C(=C\CC)C(F)(F)F)c1noc(CNC(=O)c2cc(C(F)(F)F)nn2CC(=O)N2CCCC2)n1. The molecule has 1 saturated heterocycles. The molecule has 3 heterocycles. The van der Waals surface area contributed by atoms with Gasteiger partial charge in [-0.2, -0.15) is 36.4 Å². The Morgan fingerprint density at radius 3 is 2.44 bits per heavy atom. The van der Waals surface area contributed by atoms with Gasteiger partial charge in [0.2, 0.25) is 17.6 Å². The molecule has 1 N–H and O–H groups in total. The van der Waals surface area contributed by atoms with Crippen LogP contribution in [0.4, 0.5) is 26.3 Å². The predicted octanol–water partition coefficient (Wildman–Crippen LogP) is 4.70. The van der Waals surface area contributed by atoms with Crippen molar-refractivity contribution in [2.24, 2.45) is 0 Å². The lowest BCUT2D eigenvalue weighted by molar-refractivity contribution is -0.142. The number of nitrogens with one attached hydrogen (secondary N) is 1. The molecule has 0 saturated carbocycles. The summed E-state index contributed by atoms with van der Waals surface area (Å²) in [5.74, 6) is -1.87. The molecule has 0 atom stereocenters. The number of halogens is 6. The van der Waals surface area contributed by atoms with Gasteiger partial charge < -0.3 is 14.7 Å². The zero-order valence-corrected chi connectivity index (χ0v) is 21.1. The smallest absolute Gasteiger partial charge is 0.342 e. The van der Waals surface area contributed by atoms with Gasteiger partial charge in [-0.25, -0.2) is 4.68 Å². The van der Waals surface area contributed by atoms with Crippen LogP contribution in [-0.2, 0) is 24.1 Å². The van der Waals surface area contributed by atoms with E-state index < -0.39 is 54.2 Å². The second-order valence-corrected chi connectivity index (χ2v) is 8.52. The summed E-state index contributed by atoms with van der Waals surface area (Å²) in [6.45, 7) is 3.06. The third-order valence-electron chi connectivity index (χ3n) is 5.58. The molecule has 2 aromatic rings. The number of allylic oxidation sites excluding steroid dienone is 6. The Labute approximate surface area is 219 Å². The monoisotopic (exact) mass is 560 g/mol. The first kappa shape index (κ1) is 29.6. The molecule has 3 rings (SSSR count).